The molecule has 2 aromatic rings. The van der Waals surface area contributed by atoms with E-state index in [1.54, 1.807) is 0 Å². The van der Waals surface area contributed by atoms with E-state index >= 15 is 0 Å². The highest BCUT2D eigenvalue weighted by Crippen LogP contribution is 2.33. The Hall–Kier alpha value is -2.38. The highest BCUT2D eigenvalue weighted by Gasteiger charge is 2.18. The Kier molecular flexibility index (Phi) is 4.78. The molecule has 0 amide bonds. The molecule has 0 atom stereocenters. The Morgan fingerprint density at radius 3 is 2.52 bits per heavy atom. The number of allylic oxidation sites excluding steroid dienone is 3. The second-order valence-corrected chi connectivity index (χ2v) is 7.18. The molecular formula is C24H27N. The van der Waals surface area contributed by atoms with Gasteiger partial charge in [0.05, 0.1) is 0 Å². The van der Waals surface area contributed by atoms with E-state index < -0.39 is 0 Å². The maximum Gasteiger partial charge on any atom is 0.0181 e. The third-order valence-electron chi connectivity index (χ3n) is 5.27. The number of hydrogen-bond donors (Lipinski definition) is 1. The zero-order valence-corrected chi connectivity index (χ0v) is 15.6. The minimum Gasteiger partial charge on any atom is -0.326 e. The van der Waals surface area contributed by atoms with E-state index in [0.29, 0.717) is 6.54 Å². The van der Waals surface area contributed by atoms with Gasteiger partial charge in [-0.05, 0) is 89.8 Å². The molecule has 1 aliphatic carbocycles. The van der Waals surface area contributed by atoms with E-state index in [1.807, 2.05) is 6.92 Å². The van der Waals surface area contributed by atoms with Crippen LogP contribution in [0.2, 0.25) is 0 Å². The Balaban J connectivity index is 1.88. The van der Waals surface area contributed by atoms with Crippen LogP contribution in [0.15, 0.2) is 54.6 Å². The Morgan fingerprint density at radius 2 is 1.88 bits per heavy atom. The molecule has 1 nitrogen and oxygen atoms in total. The fraction of sp³-hybridized carbons (Fsp3) is 0.250. The number of aryl methyl sites for hydroxylation is 2. The molecule has 0 bridgehead atoms. The minimum atomic E-state index is 0.545. The number of fused-ring (bicyclic) bond motifs is 1. The van der Waals surface area contributed by atoms with Crippen molar-refractivity contribution in [2.45, 2.75) is 40.2 Å². The van der Waals surface area contributed by atoms with Crippen molar-refractivity contribution in [3.63, 3.8) is 0 Å². The molecule has 0 radical (unpaired) electrons. The lowest BCUT2D eigenvalue weighted by Crippen LogP contribution is -2.07. The van der Waals surface area contributed by atoms with E-state index in [2.05, 4.69) is 63.4 Å². The van der Waals surface area contributed by atoms with Gasteiger partial charge in [0.15, 0.2) is 0 Å². The van der Waals surface area contributed by atoms with Crippen LogP contribution in [0, 0.1) is 13.8 Å². The highest BCUT2D eigenvalue weighted by atomic mass is 14.5. The van der Waals surface area contributed by atoms with Gasteiger partial charge in [0.2, 0.25) is 0 Å². The van der Waals surface area contributed by atoms with E-state index in [-0.39, 0.29) is 0 Å². The second-order valence-electron chi connectivity index (χ2n) is 7.18. The molecule has 0 fully saturated rings. The first kappa shape index (κ1) is 17.4. The fourth-order valence-corrected chi connectivity index (χ4v) is 3.66. The summed E-state index contributed by atoms with van der Waals surface area (Å²) >= 11 is 0. The molecule has 0 aromatic heterocycles. The predicted octanol–water partition coefficient (Wildman–Crippen LogP) is 5.53. The van der Waals surface area contributed by atoms with Crippen molar-refractivity contribution in [2.75, 3.05) is 0 Å². The lowest BCUT2D eigenvalue weighted by Gasteiger charge is -2.16. The molecule has 2 aromatic carbocycles. The van der Waals surface area contributed by atoms with Crippen LogP contribution >= 0.6 is 0 Å². The highest BCUT2D eigenvalue weighted by molar-refractivity contribution is 5.70. The number of rotatable bonds is 5. The summed E-state index contributed by atoms with van der Waals surface area (Å²) in [5.41, 5.74) is 18.7. The van der Waals surface area contributed by atoms with Crippen molar-refractivity contribution < 1.29 is 0 Å². The average Bonchev–Trinajstić information content (AvgIpc) is 3.02. The molecule has 3 rings (SSSR count). The van der Waals surface area contributed by atoms with Crippen LogP contribution in [0.25, 0.3) is 11.6 Å². The van der Waals surface area contributed by atoms with Crippen LogP contribution in [0.3, 0.4) is 0 Å². The SMILES string of the molecule is C=C(Cc1c(C)cc(C(=C)C)cc1CN)C1=Cc2cccc(C)c2C1. The smallest absolute Gasteiger partial charge is 0.0181 e. The third-order valence-corrected chi connectivity index (χ3v) is 5.27. The van der Waals surface area contributed by atoms with Crippen LogP contribution in [0.4, 0.5) is 0 Å². The van der Waals surface area contributed by atoms with Crippen molar-refractivity contribution in [3.8, 4) is 0 Å². The van der Waals surface area contributed by atoms with Crippen molar-refractivity contribution >= 4 is 11.6 Å². The Morgan fingerprint density at radius 1 is 1.12 bits per heavy atom. The summed E-state index contributed by atoms with van der Waals surface area (Å²) in [5, 5.41) is 0. The van der Waals surface area contributed by atoms with Gasteiger partial charge in [-0.25, -0.2) is 0 Å². The van der Waals surface area contributed by atoms with Gasteiger partial charge in [0.25, 0.3) is 0 Å². The summed E-state index contributed by atoms with van der Waals surface area (Å²) in [7, 11) is 0. The van der Waals surface area contributed by atoms with E-state index in [0.717, 1.165) is 18.4 Å². The van der Waals surface area contributed by atoms with Gasteiger partial charge in [-0.1, -0.05) is 49.1 Å². The summed E-state index contributed by atoms with van der Waals surface area (Å²) in [6, 6.07) is 10.9. The van der Waals surface area contributed by atoms with Gasteiger partial charge in [0, 0.05) is 6.54 Å². The molecule has 0 saturated heterocycles. The zero-order valence-electron chi connectivity index (χ0n) is 15.6. The van der Waals surface area contributed by atoms with E-state index in [4.69, 9.17) is 5.73 Å². The summed E-state index contributed by atoms with van der Waals surface area (Å²) < 4.78 is 0. The summed E-state index contributed by atoms with van der Waals surface area (Å²) in [6.45, 7) is 15.4. The average molecular weight is 329 g/mol. The third kappa shape index (κ3) is 3.38. The maximum absolute atomic E-state index is 6.03. The van der Waals surface area contributed by atoms with Gasteiger partial charge < -0.3 is 5.73 Å². The second kappa shape index (κ2) is 6.85. The van der Waals surface area contributed by atoms with Crippen molar-refractivity contribution in [2.24, 2.45) is 5.73 Å². The molecular weight excluding hydrogens is 302 g/mol. The first-order chi connectivity index (χ1) is 11.9. The zero-order chi connectivity index (χ0) is 18.1. The van der Waals surface area contributed by atoms with Crippen LogP contribution in [0.5, 0.6) is 0 Å². The van der Waals surface area contributed by atoms with E-state index in [1.165, 1.54) is 50.1 Å². The summed E-state index contributed by atoms with van der Waals surface area (Å²) in [6.07, 6.45) is 4.14. The van der Waals surface area contributed by atoms with Crippen LogP contribution in [0.1, 0.15) is 45.9 Å². The van der Waals surface area contributed by atoms with Crippen LogP contribution in [-0.2, 0) is 19.4 Å². The first-order valence-corrected chi connectivity index (χ1v) is 8.86. The summed E-state index contributed by atoms with van der Waals surface area (Å²) in [4.78, 5) is 0. The number of hydrogen-bond acceptors (Lipinski definition) is 1. The monoisotopic (exact) mass is 329 g/mol. The van der Waals surface area contributed by atoms with Gasteiger partial charge in [-0.2, -0.15) is 0 Å². The largest absolute Gasteiger partial charge is 0.326 e. The maximum atomic E-state index is 6.03. The van der Waals surface area contributed by atoms with Crippen molar-refractivity contribution in [3.05, 3.63) is 93.6 Å². The Labute approximate surface area is 151 Å². The van der Waals surface area contributed by atoms with Gasteiger partial charge in [0.1, 0.15) is 0 Å². The molecule has 128 valence electrons. The molecule has 2 N–H and O–H groups in total. The predicted molar refractivity (Wildman–Crippen MR) is 109 cm³/mol. The number of nitrogens with two attached hydrogens (primary N) is 1. The summed E-state index contributed by atoms with van der Waals surface area (Å²) in [5.74, 6) is 0. The number of benzene rings is 2. The normalized spacial score (nSPS) is 12.7. The molecule has 0 aliphatic heterocycles. The van der Waals surface area contributed by atoms with Crippen LogP contribution < -0.4 is 5.73 Å². The topological polar surface area (TPSA) is 26.0 Å². The molecule has 0 spiro atoms. The lowest BCUT2D eigenvalue weighted by molar-refractivity contribution is 0.992. The van der Waals surface area contributed by atoms with Gasteiger partial charge in [-0.15, -0.1) is 0 Å². The first-order valence-electron chi connectivity index (χ1n) is 8.86. The molecule has 0 heterocycles. The quantitative estimate of drug-likeness (QED) is 0.766. The fourth-order valence-electron chi connectivity index (χ4n) is 3.66. The van der Waals surface area contributed by atoms with Gasteiger partial charge in [-0.3, -0.25) is 0 Å². The van der Waals surface area contributed by atoms with E-state index in [9.17, 15) is 0 Å². The standard InChI is InChI=1S/C24H27N/c1-15(2)20-9-18(5)23(22(12-20)14-25)10-17(4)21-11-19-8-6-7-16(3)24(19)13-21/h6-9,11-12H,1,4,10,13-14,25H2,2-3,5H3. The van der Waals surface area contributed by atoms with Crippen molar-refractivity contribution in [1.29, 1.82) is 0 Å². The lowest BCUT2D eigenvalue weighted by atomic mass is 9.89. The molecule has 25 heavy (non-hydrogen) atoms. The van der Waals surface area contributed by atoms with Crippen molar-refractivity contribution in [1.82, 2.24) is 0 Å². The molecule has 1 aliphatic rings. The van der Waals surface area contributed by atoms with Crippen LogP contribution in [-0.4, -0.2) is 0 Å². The molecule has 0 saturated carbocycles. The Bertz CT molecular complexity index is 897. The van der Waals surface area contributed by atoms with Gasteiger partial charge >= 0.3 is 0 Å². The minimum absolute atomic E-state index is 0.545. The molecule has 1 heteroatoms. The molecule has 0 unspecified atom stereocenters.